The van der Waals surface area contributed by atoms with Gasteiger partial charge < -0.3 is 10.6 Å². The number of hydrogen-bond donors (Lipinski definition) is 2. The molecule has 2 aromatic rings. The minimum atomic E-state index is -0.609. The van der Waals surface area contributed by atoms with Crippen molar-refractivity contribution in [3.63, 3.8) is 0 Å². The van der Waals surface area contributed by atoms with Gasteiger partial charge in [0.1, 0.15) is 5.82 Å². The molecule has 35 heavy (non-hydrogen) atoms. The number of carbonyl (C=O) groups excluding carboxylic acids is 1. The van der Waals surface area contributed by atoms with Crippen molar-refractivity contribution in [2.75, 3.05) is 49.9 Å². The Hall–Kier alpha value is -2.91. The smallest absolute Gasteiger partial charge is 0.330 e. The first-order valence-electron chi connectivity index (χ1n) is 12.7. The van der Waals surface area contributed by atoms with Gasteiger partial charge in [0.25, 0.3) is 5.56 Å². The summed E-state index contributed by atoms with van der Waals surface area (Å²) < 4.78 is 1.36. The normalized spacial score (nSPS) is 15.3. The molecule has 2 heterocycles. The predicted octanol–water partition coefficient (Wildman–Crippen LogP) is 2.12. The average molecular weight is 485 g/mol. The van der Waals surface area contributed by atoms with Gasteiger partial charge in [0.05, 0.1) is 6.54 Å². The molecule has 192 valence electrons. The van der Waals surface area contributed by atoms with Gasteiger partial charge in [-0.2, -0.15) is 0 Å². The number of H-pyrrole nitrogens is 1. The van der Waals surface area contributed by atoms with Gasteiger partial charge in [0, 0.05) is 32.7 Å². The number of hydrogen-bond acceptors (Lipinski definition) is 6. The summed E-state index contributed by atoms with van der Waals surface area (Å²) in [6.07, 6.45) is 2.57. The van der Waals surface area contributed by atoms with Crippen LogP contribution in [-0.2, 0) is 17.9 Å². The van der Waals surface area contributed by atoms with Crippen molar-refractivity contribution < 1.29 is 4.79 Å². The van der Waals surface area contributed by atoms with Gasteiger partial charge in [-0.1, -0.05) is 57.5 Å². The van der Waals surface area contributed by atoms with E-state index < -0.39 is 11.2 Å². The topological polar surface area (TPSA) is 108 Å². The molecule has 1 aromatic carbocycles. The molecule has 0 radical (unpaired) electrons. The third-order valence-electron chi connectivity index (χ3n) is 6.36. The van der Waals surface area contributed by atoms with E-state index in [0.29, 0.717) is 13.1 Å². The molecule has 1 aliphatic heterocycles. The van der Waals surface area contributed by atoms with Gasteiger partial charge in [-0.15, -0.1) is 0 Å². The van der Waals surface area contributed by atoms with Gasteiger partial charge in [-0.25, -0.2) is 4.79 Å². The highest BCUT2D eigenvalue weighted by atomic mass is 16.2. The Morgan fingerprint density at radius 1 is 1.09 bits per heavy atom. The lowest BCUT2D eigenvalue weighted by Crippen LogP contribution is -2.46. The monoisotopic (exact) mass is 484 g/mol. The summed E-state index contributed by atoms with van der Waals surface area (Å²) in [4.78, 5) is 47.1. The molecule has 1 amide bonds. The molecular formula is C26H40N6O3. The molecule has 3 rings (SSSR count). The highest BCUT2D eigenvalue weighted by molar-refractivity contribution is 5.96. The maximum Gasteiger partial charge on any atom is 0.330 e. The lowest BCUT2D eigenvalue weighted by Gasteiger charge is -2.28. The molecule has 0 unspecified atom stereocenters. The molecule has 3 N–H and O–H groups in total. The second-order valence-electron chi connectivity index (χ2n) is 9.79. The third-order valence-corrected chi connectivity index (χ3v) is 6.36. The van der Waals surface area contributed by atoms with Gasteiger partial charge in [0.15, 0.2) is 5.69 Å². The van der Waals surface area contributed by atoms with Crippen molar-refractivity contribution in [1.29, 1.82) is 0 Å². The van der Waals surface area contributed by atoms with Gasteiger partial charge in [-0.05, 0) is 37.4 Å². The lowest BCUT2D eigenvalue weighted by atomic mass is 10.2. The fourth-order valence-corrected chi connectivity index (χ4v) is 4.52. The summed E-state index contributed by atoms with van der Waals surface area (Å²) in [5.74, 6) is 0.0492. The average Bonchev–Trinajstić information content (AvgIpc) is 3.04. The lowest BCUT2D eigenvalue weighted by molar-refractivity contribution is -0.119. The van der Waals surface area contributed by atoms with Crippen molar-refractivity contribution in [1.82, 2.24) is 19.4 Å². The standard InChI is InChI=1S/C26H40N6O3/c1-4-5-14-31(23-24(27)32(17-20(2)3)26(35)28-25(23)34)22(33)19-30-13-9-12-29(15-16-30)18-21-10-7-6-8-11-21/h6-8,10-11,20H,4-5,9,12-19,27H2,1-3H3,(H,28,34,35). The second kappa shape index (κ2) is 12.7. The number of nitrogens with zero attached hydrogens (tertiary/aromatic N) is 4. The number of rotatable bonds is 10. The zero-order chi connectivity index (χ0) is 25.4. The molecule has 1 fully saturated rings. The summed E-state index contributed by atoms with van der Waals surface area (Å²) in [5.41, 5.74) is 6.54. The number of aromatic amines is 1. The zero-order valence-corrected chi connectivity index (χ0v) is 21.3. The predicted molar refractivity (Wildman–Crippen MR) is 141 cm³/mol. The Kier molecular flexibility index (Phi) is 9.68. The SMILES string of the molecule is CCCCN(C(=O)CN1CCCN(Cc2ccccc2)CC1)c1c(N)n(CC(C)C)c(=O)[nH]c1=O. The number of unbranched alkanes of at least 4 members (excludes halogenated alkanes) is 1. The number of nitrogens with two attached hydrogens (primary N) is 1. The fourth-order valence-electron chi connectivity index (χ4n) is 4.52. The summed E-state index contributed by atoms with van der Waals surface area (Å²) >= 11 is 0. The Labute approximate surface area is 207 Å². The van der Waals surface area contributed by atoms with Crippen LogP contribution in [0.1, 0.15) is 45.6 Å². The van der Waals surface area contributed by atoms with Gasteiger partial charge >= 0.3 is 5.69 Å². The molecule has 0 bridgehead atoms. The third kappa shape index (κ3) is 7.29. The van der Waals surface area contributed by atoms with E-state index in [4.69, 9.17) is 5.73 Å². The van der Waals surface area contributed by atoms with Crippen LogP contribution in [0, 0.1) is 5.92 Å². The second-order valence-corrected chi connectivity index (χ2v) is 9.79. The van der Waals surface area contributed by atoms with Crippen LogP contribution in [0.4, 0.5) is 11.5 Å². The quantitative estimate of drug-likeness (QED) is 0.535. The van der Waals surface area contributed by atoms with E-state index in [1.54, 1.807) is 0 Å². The van der Waals surface area contributed by atoms with E-state index in [1.807, 2.05) is 26.8 Å². The summed E-state index contributed by atoms with van der Waals surface area (Å²) in [5, 5.41) is 0. The highest BCUT2D eigenvalue weighted by Gasteiger charge is 2.26. The van der Waals surface area contributed by atoms with Crippen LogP contribution in [0.3, 0.4) is 0 Å². The maximum absolute atomic E-state index is 13.5. The summed E-state index contributed by atoms with van der Waals surface area (Å²) in [7, 11) is 0. The number of nitrogens with one attached hydrogen (secondary N) is 1. The van der Waals surface area contributed by atoms with Crippen LogP contribution in [0.5, 0.6) is 0 Å². The minimum absolute atomic E-state index is 0.0572. The first-order chi connectivity index (χ1) is 16.8. The fraction of sp³-hybridized carbons (Fsp3) is 0.577. The number of amides is 1. The van der Waals surface area contributed by atoms with E-state index in [0.717, 1.165) is 52.0 Å². The molecule has 9 nitrogen and oxygen atoms in total. The molecule has 9 heteroatoms. The number of aromatic nitrogens is 2. The number of benzene rings is 1. The molecule has 0 spiro atoms. The minimum Gasteiger partial charge on any atom is -0.383 e. The molecule has 0 saturated carbocycles. The van der Waals surface area contributed by atoms with E-state index in [1.165, 1.54) is 15.0 Å². The van der Waals surface area contributed by atoms with E-state index in [9.17, 15) is 14.4 Å². The Bertz CT molecular complexity index is 1080. The van der Waals surface area contributed by atoms with Crippen molar-refractivity contribution in [2.24, 2.45) is 5.92 Å². The van der Waals surface area contributed by atoms with Crippen molar-refractivity contribution in [3.05, 3.63) is 56.7 Å². The van der Waals surface area contributed by atoms with Crippen LogP contribution in [0.25, 0.3) is 0 Å². The number of anilines is 2. The highest BCUT2D eigenvalue weighted by Crippen LogP contribution is 2.19. The van der Waals surface area contributed by atoms with Crippen molar-refractivity contribution in [3.8, 4) is 0 Å². The van der Waals surface area contributed by atoms with Crippen LogP contribution >= 0.6 is 0 Å². The molecule has 1 aliphatic rings. The molecule has 1 aromatic heterocycles. The van der Waals surface area contributed by atoms with Crippen LogP contribution in [0.2, 0.25) is 0 Å². The van der Waals surface area contributed by atoms with Crippen molar-refractivity contribution in [2.45, 2.75) is 53.1 Å². The largest absolute Gasteiger partial charge is 0.383 e. The molecule has 0 atom stereocenters. The maximum atomic E-state index is 13.5. The van der Waals surface area contributed by atoms with E-state index in [-0.39, 0.29) is 29.9 Å². The first-order valence-corrected chi connectivity index (χ1v) is 12.7. The van der Waals surface area contributed by atoms with Gasteiger partial charge in [-0.3, -0.25) is 28.9 Å². The van der Waals surface area contributed by atoms with Crippen molar-refractivity contribution >= 4 is 17.4 Å². The van der Waals surface area contributed by atoms with Crippen LogP contribution < -0.4 is 21.9 Å². The Morgan fingerprint density at radius 2 is 1.77 bits per heavy atom. The summed E-state index contributed by atoms with van der Waals surface area (Å²) in [6, 6.07) is 10.4. The van der Waals surface area contributed by atoms with Crippen LogP contribution in [0.15, 0.2) is 39.9 Å². The Morgan fingerprint density at radius 3 is 2.46 bits per heavy atom. The summed E-state index contributed by atoms with van der Waals surface area (Å²) in [6.45, 7) is 11.3. The molecule has 0 aliphatic carbocycles. The van der Waals surface area contributed by atoms with Crippen LogP contribution in [-0.4, -0.2) is 64.5 Å². The molecule has 1 saturated heterocycles. The van der Waals surface area contributed by atoms with E-state index in [2.05, 4.69) is 39.0 Å². The first kappa shape index (κ1) is 26.7. The number of nitrogen functional groups attached to an aromatic ring is 1. The molecular weight excluding hydrogens is 444 g/mol. The van der Waals surface area contributed by atoms with Gasteiger partial charge in [0.2, 0.25) is 5.91 Å². The number of carbonyl (C=O) groups is 1. The Balaban J connectivity index is 1.75. The van der Waals surface area contributed by atoms with E-state index >= 15 is 0 Å². The zero-order valence-electron chi connectivity index (χ0n) is 21.3.